The maximum absolute atomic E-state index is 13.2. The summed E-state index contributed by atoms with van der Waals surface area (Å²) >= 11 is 0. The molecule has 0 heterocycles. The Labute approximate surface area is 244 Å². The second-order valence-corrected chi connectivity index (χ2v) is 10.7. The summed E-state index contributed by atoms with van der Waals surface area (Å²) in [5.74, 6) is -1.81. The minimum Gasteiger partial charge on any atom is -0.423 e. The fraction of sp³-hybridized carbons (Fsp3) is 0.100. The summed E-state index contributed by atoms with van der Waals surface area (Å²) in [6.45, 7) is 2.37. The number of nitrogens with one attached hydrogen (secondary N) is 2. The van der Waals surface area contributed by atoms with Gasteiger partial charge < -0.3 is 14.8 Å². The minimum absolute atomic E-state index is 0.0158. The molecule has 0 unspecified atom stereocenters. The minimum atomic E-state index is -4.56. The van der Waals surface area contributed by atoms with Gasteiger partial charge in [0, 0.05) is 42.1 Å². The molecule has 0 aliphatic carbocycles. The normalized spacial score (nSPS) is 11.7. The van der Waals surface area contributed by atoms with Crippen molar-refractivity contribution >= 4 is 56.1 Å². The van der Waals surface area contributed by atoms with E-state index in [4.69, 9.17) is 9.47 Å². The van der Waals surface area contributed by atoms with Crippen LogP contribution >= 0.6 is 0 Å². The number of halogens is 3. The van der Waals surface area contributed by atoms with E-state index < -0.39 is 39.6 Å². The van der Waals surface area contributed by atoms with E-state index in [2.05, 4.69) is 10.0 Å². The van der Waals surface area contributed by atoms with Gasteiger partial charge in [-0.05, 0) is 60.2 Å². The van der Waals surface area contributed by atoms with Crippen LogP contribution in [-0.4, -0.2) is 26.3 Å². The number of amides is 1. The summed E-state index contributed by atoms with van der Waals surface area (Å²) in [4.78, 5) is 35.4. The quantitative estimate of drug-likeness (QED) is 0.139. The number of carbonyl (C=O) groups excluding carboxylic acids is 3. The molecule has 4 aromatic rings. The second-order valence-electron chi connectivity index (χ2n) is 9.05. The zero-order valence-corrected chi connectivity index (χ0v) is 23.4. The summed E-state index contributed by atoms with van der Waals surface area (Å²) in [5, 5.41) is 3.34. The SMILES string of the molecule is CC(=O)Oc1ccc(/C=C/C(=O)Nc2cccc3c(S(=O)(=O)Nc4ccc(C(F)(F)F)cc4)cccc23)cc1OC(C)=O. The first-order valence-electron chi connectivity index (χ1n) is 12.4. The number of sulfonamides is 1. The molecule has 4 rings (SSSR count). The predicted octanol–water partition coefficient (Wildman–Crippen LogP) is 6.16. The molecule has 2 N–H and O–H groups in total. The maximum atomic E-state index is 13.2. The second kappa shape index (κ2) is 12.4. The first kappa shape index (κ1) is 30.8. The van der Waals surface area contributed by atoms with Gasteiger partial charge in [-0.2, -0.15) is 13.2 Å². The van der Waals surface area contributed by atoms with E-state index in [0.29, 0.717) is 16.6 Å². The van der Waals surface area contributed by atoms with Crippen molar-refractivity contribution in [3.05, 3.63) is 96.1 Å². The highest BCUT2D eigenvalue weighted by Crippen LogP contribution is 2.33. The van der Waals surface area contributed by atoms with Crippen molar-refractivity contribution in [2.45, 2.75) is 24.9 Å². The molecule has 43 heavy (non-hydrogen) atoms. The smallest absolute Gasteiger partial charge is 0.416 e. The lowest BCUT2D eigenvalue weighted by Crippen LogP contribution is -2.14. The molecule has 0 aliphatic heterocycles. The van der Waals surface area contributed by atoms with Crippen LogP contribution in [0.25, 0.3) is 16.8 Å². The Bertz CT molecular complexity index is 1850. The molecule has 0 spiro atoms. The van der Waals surface area contributed by atoms with Gasteiger partial charge in [-0.25, -0.2) is 8.42 Å². The molecule has 4 aromatic carbocycles. The molecule has 1 amide bonds. The number of hydrogen-bond acceptors (Lipinski definition) is 7. The van der Waals surface area contributed by atoms with Crippen molar-refractivity contribution < 1.29 is 45.4 Å². The van der Waals surface area contributed by atoms with Crippen LogP contribution in [0.1, 0.15) is 25.0 Å². The Morgan fingerprint density at radius 2 is 1.42 bits per heavy atom. The van der Waals surface area contributed by atoms with E-state index in [0.717, 1.165) is 24.3 Å². The average Bonchev–Trinajstić information content (AvgIpc) is 2.92. The fourth-order valence-electron chi connectivity index (χ4n) is 4.01. The van der Waals surface area contributed by atoms with Crippen LogP contribution in [0, 0.1) is 0 Å². The molecule has 13 heteroatoms. The maximum Gasteiger partial charge on any atom is 0.416 e. The Morgan fingerprint density at radius 1 is 0.791 bits per heavy atom. The molecule has 0 atom stereocenters. The third-order valence-corrected chi connectivity index (χ3v) is 7.24. The predicted molar refractivity (Wildman–Crippen MR) is 153 cm³/mol. The van der Waals surface area contributed by atoms with Gasteiger partial charge >= 0.3 is 18.1 Å². The molecule has 0 fully saturated rings. The summed E-state index contributed by atoms with van der Waals surface area (Å²) in [6, 6.07) is 17.0. The third-order valence-electron chi connectivity index (χ3n) is 5.80. The van der Waals surface area contributed by atoms with E-state index in [1.807, 2.05) is 0 Å². The van der Waals surface area contributed by atoms with Gasteiger partial charge in [0.05, 0.1) is 10.5 Å². The van der Waals surface area contributed by atoms with Gasteiger partial charge in [-0.15, -0.1) is 0 Å². The standard InChI is InChI=1S/C30H23F3N2O7S/c1-18(36)41-26-15-9-20(17-27(26)42-19(2)37)10-16-29(38)34-25-7-3-6-24-23(25)5-4-8-28(24)43(39,40)35-22-13-11-21(12-14-22)30(31,32)33/h3-17,35H,1-2H3,(H,34,38)/b16-10+. The Hall–Kier alpha value is -5.17. The molecule has 0 aromatic heterocycles. The zero-order valence-electron chi connectivity index (χ0n) is 22.6. The third kappa shape index (κ3) is 7.77. The highest BCUT2D eigenvalue weighted by atomic mass is 32.2. The first-order chi connectivity index (χ1) is 20.2. The van der Waals surface area contributed by atoms with Gasteiger partial charge in [0.15, 0.2) is 11.5 Å². The lowest BCUT2D eigenvalue weighted by Gasteiger charge is -2.13. The summed E-state index contributed by atoms with van der Waals surface area (Å²) < 4.78 is 77.3. The van der Waals surface area contributed by atoms with Gasteiger partial charge in [0.2, 0.25) is 5.91 Å². The Kier molecular flexibility index (Phi) is 8.85. The summed E-state index contributed by atoms with van der Waals surface area (Å²) in [6.07, 6.45) is -1.94. The largest absolute Gasteiger partial charge is 0.423 e. The van der Waals surface area contributed by atoms with E-state index in [-0.39, 0.29) is 27.5 Å². The van der Waals surface area contributed by atoms with Crippen molar-refractivity contribution in [2.24, 2.45) is 0 Å². The lowest BCUT2D eigenvalue weighted by atomic mass is 10.1. The molecule has 0 bridgehead atoms. The van der Waals surface area contributed by atoms with Crippen molar-refractivity contribution in [3.63, 3.8) is 0 Å². The number of ether oxygens (including phenoxy) is 2. The summed E-state index contributed by atoms with van der Waals surface area (Å²) in [7, 11) is -4.23. The highest BCUT2D eigenvalue weighted by Gasteiger charge is 2.30. The molecule has 0 radical (unpaired) electrons. The Morgan fingerprint density at radius 3 is 2.07 bits per heavy atom. The first-order valence-corrected chi connectivity index (χ1v) is 13.9. The van der Waals surface area contributed by atoms with Crippen molar-refractivity contribution in [1.82, 2.24) is 0 Å². The van der Waals surface area contributed by atoms with E-state index >= 15 is 0 Å². The topological polar surface area (TPSA) is 128 Å². The molecular formula is C30H23F3N2O7S. The van der Waals surface area contributed by atoms with Gasteiger partial charge in [-0.3, -0.25) is 19.1 Å². The number of esters is 2. The number of carbonyl (C=O) groups is 3. The monoisotopic (exact) mass is 612 g/mol. The van der Waals surface area contributed by atoms with Crippen LogP contribution in [0.2, 0.25) is 0 Å². The van der Waals surface area contributed by atoms with E-state index in [1.165, 1.54) is 68.5 Å². The van der Waals surface area contributed by atoms with Crippen LogP contribution in [0.5, 0.6) is 11.5 Å². The number of rotatable bonds is 8. The number of fused-ring (bicyclic) bond motifs is 1. The van der Waals surface area contributed by atoms with Crippen LogP contribution in [-0.2, 0) is 30.6 Å². The van der Waals surface area contributed by atoms with Crippen LogP contribution in [0.3, 0.4) is 0 Å². The van der Waals surface area contributed by atoms with E-state index in [9.17, 15) is 36.0 Å². The zero-order chi connectivity index (χ0) is 31.4. The number of hydrogen-bond donors (Lipinski definition) is 2. The van der Waals surface area contributed by atoms with Gasteiger partial charge in [0.25, 0.3) is 10.0 Å². The van der Waals surface area contributed by atoms with Gasteiger partial charge in [0.1, 0.15) is 0 Å². The number of alkyl halides is 3. The van der Waals surface area contributed by atoms with Gasteiger partial charge in [-0.1, -0.05) is 30.3 Å². The van der Waals surface area contributed by atoms with Crippen LogP contribution in [0.15, 0.2) is 89.8 Å². The molecule has 0 saturated carbocycles. The number of benzene rings is 4. The molecule has 9 nitrogen and oxygen atoms in total. The highest BCUT2D eigenvalue weighted by molar-refractivity contribution is 7.93. The molecular weight excluding hydrogens is 589 g/mol. The fourth-order valence-corrected chi connectivity index (χ4v) is 5.29. The molecule has 0 aliphatic rings. The Balaban J connectivity index is 1.56. The molecule has 222 valence electrons. The van der Waals surface area contributed by atoms with Crippen molar-refractivity contribution in [2.75, 3.05) is 10.0 Å². The van der Waals surface area contributed by atoms with Crippen molar-refractivity contribution in [3.8, 4) is 11.5 Å². The lowest BCUT2D eigenvalue weighted by molar-refractivity contribution is -0.137. The van der Waals surface area contributed by atoms with Crippen LogP contribution < -0.4 is 19.5 Å². The number of anilines is 2. The van der Waals surface area contributed by atoms with Crippen molar-refractivity contribution in [1.29, 1.82) is 0 Å². The summed E-state index contributed by atoms with van der Waals surface area (Å²) in [5.41, 5.74) is -0.233. The molecule has 0 saturated heterocycles. The van der Waals surface area contributed by atoms with E-state index in [1.54, 1.807) is 12.1 Å². The average molecular weight is 613 g/mol. The van der Waals surface area contributed by atoms with Crippen LogP contribution in [0.4, 0.5) is 24.5 Å².